The lowest BCUT2D eigenvalue weighted by Gasteiger charge is -2.00. The van der Waals surface area contributed by atoms with Crippen molar-refractivity contribution in [2.24, 2.45) is 0 Å². The smallest absolute Gasteiger partial charge is 0.265 e. The quantitative estimate of drug-likeness (QED) is 0.700. The minimum Gasteiger partial charge on any atom is -0.300 e. The second kappa shape index (κ2) is 5.32. The predicted molar refractivity (Wildman–Crippen MR) is 68.6 cm³/mol. The first-order valence-electron chi connectivity index (χ1n) is 4.67. The molecule has 5 heteroatoms. The summed E-state index contributed by atoms with van der Waals surface area (Å²) in [5.74, 6) is 0.797. The van der Waals surface area contributed by atoms with E-state index in [1.807, 2.05) is 30.3 Å². The van der Waals surface area contributed by atoms with Crippen molar-refractivity contribution >= 4 is 27.7 Å². The molecule has 82 valence electrons. The average Bonchev–Trinajstić information content (AvgIpc) is 2.32. The molecule has 0 fully saturated rings. The van der Waals surface area contributed by atoms with Gasteiger partial charge in [-0.1, -0.05) is 42.1 Å². The van der Waals surface area contributed by atoms with Crippen molar-refractivity contribution in [3.8, 4) is 0 Å². The Morgan fingerprint density at radius 3 is 2.75 bits per heavy atom. The van der Waals surface area contributed by atoms with Gasteiger partial charge in [-0.2, -0.15) is 0 Å². The van der Waals surface area contributed by atoms with Gasteiger partial charge in [-0.3, -0.25) is 4.79 Å². The number of nitrogens with one attached hydrogen (secondary N) is 1. The van der Waals surface area contributed by atoms with Crippen LogP contribution in [-0.4, -0.2) is 9.97 Å². The fourth-order valence-electron chi connectivity index (χ4n) is 1.16. The molecular formula is C11H9BrN2OS. The van der Waals surface area contributed by atoms with Crippen molar-refractivity contribution < 1.29 is 0 Å². The fourth-order valence-corrected chi connectivity index (χ4v) is 2.15. The molecule has 2 rings (SSSR count). The van der Waals surface area contributed by atoms with E-state index < -0.39 is 0 Å². The predicted octanol–water partition coefficient (Wildman–Crippen LogP) is 2.82. The van der Waals surface area contributed by atoms with Gasteiger partial charge in [0.2, 0.25) is 0 Å². The molecule has 1 heterocycles. The Morgan fingerprint density at radius 2 is 2.06 bits per heavy atom. The van der Waals surface area contributed by atoms with Crippen LogP contribution in [0.1, 0.15) is 5.56 Å². The molecule has 2 aromatic rings. The first-order valence-corrected chi connectivity index (χ1v) is 6.45. The third-order valence-corrected chi connectivity index (χ3v) is 3.47. The largest absolute Gasteiger partial charge is 0.300 e. The lowest BCUT2D eigenvalue weighted by Crippen LogP contribution is -2.08. The van der Waals surface area contributed by atoms with Crippen molar-refractivity contribution in [1.82, 2.24) is 9.97 Å². The molecule has 0 atom stereocenters. The SMILES string of the molecule is O=c1[nH]c(SCc2ccccc2)ncc1Br. The number of aromatic nitrogens is 2. The van der Waals surface area contributed by atoms with E-state index in [1.165, 1.54) is 23.5 Å². The number of aromatic amines is 1. The summed E-state index contributed by atoms with van der Waals surface area (Å²) in [6.07, 6.45) is 1.52. The zero-order chi connectivity index (χ0) is 11.4. The summed E-state index contributed by atoms with van der Waals surface area (Å²) >= 11 is 4.62. The molecule has 0 aliphatic carbocycles. The number of nitrogens with zero attached hydrogens (tertiary/aromatic N) is 1. The molecule has 0 saturated carbocycles. The number of halogens is 1. The van der Waals surface area contributed by atoms with Crippen LogP contribution in [0.15, 0.2) is 51.0 Å². The number of benzene rings is 1. The van der Waals surface area contributed by atoms with Gasteiger partial charge in [0.05, 0.1) is 0 Å². The summed E-state index contributed by atoms with van der Waals surface area (Å²) < 4.78 is 0.455. The van der Waals surface area contributed by atoms with E-state index in [-0.39, 0.29) is 5.56 Å². The third kappa shape index (κ3) is 2.96. The topological polar surface area (TPSA) is 45.8 Å². The average molecular weight is 297 g/mol. The maximum absolute atomic E-state index is 11.3. The van der Waals surface area contributed by atoms with Crippen LogP contribution < -0.4 is 5.56 Å². The van der Waals surface area contributed by atoms with Crippen molar-refractivity contribution in [1.29, 1.82) is 0 Å². The van der Waals surface area contributed by atoms with Gasteiger partial charge >= 0.3 is 0 Å². The fraction of sp³-hybridized carbons (Fsp3) is 0.0909. The second-order valence-electron chi connectivity index (χ2n) is 3.14. The standard InChI is InChI=1S/C11H9BrN2OS/c12-9-6-13-11(14-10(9)15)16-7-8-4-2-1-3-5-8/h1-6H,7H2,(H,13,14,15). The maximum atomic E-state index is 11.3. The van der Waals surface area contributed by atoms with Gasteiger partial charge in [0.1, 0.15) is 4.47 Å². The molecule has 0 amide bonds. The maximum Gasteiger partial charge on any atom is 0.265 e. The number of hydrogen-bond donors (Lipinski definition) is 1. The van der Waals surface area contributed by atoms with Crippen molar-refractivity contribution in [3.05, 3.63) is 56.9 Å². The highest BCUT2D eigenvalue weighted by Crippen LogP contribution is 2.17. The summed E-state index contributed by atoms with van der Waals surface area (Å²) in [6, 6.07) is 10.1. The third-order valence-electron chi connectivity index (χ3n) is 1.95. The van der Waals surface area contributed by atoms with Crippen LogP contribution >= 0.6 is 27.7 Å². The van der Waals surface area contributed by atoms with E-state index in [0.29, 0.717) is 9.63 Å². The number of rotatable bonds is 3. The highest BCUT2D eigenvalue weighted by atomic mass is 79.9. The Labute approximate surface area is 105 Å². The molecule has 0 spiro atoms. The summed E-state index contributed by atoms with van der Waals surface area (Å²) in [4.78, 5) is 18.1. The summed E-state index contributed by atoms with van der Waals surface area (Å²) in [6.45, 7) is 0. The monoisotopic (exact) mass is 296 g/mol. The van der Waals surface area contributed by atoms with Crippen LogP contribution in [0.5, 0.6) is 0 Å². The Kier molecular flexibility index (Phi) is 3.79. The molecular weight excluding hydrogens is 288 g/mol. The zero-order valence-corrected chi connectivity index (χ0v) is 10.7. The Morgan fingerprint density at radius 1 is 1.31 bits per heavy atom. The first-order chi connectivity index (χ1) is 7.75. The van der Waals surface area contributed by atoms with Gasteiger partial charge in [0.25, 0.3) is 5.56 Å². The van der Waals surface area contributed by atoms with Crippen LogP contribution in [0.3, 0.4) is 0 Å². The molecule has 0 radical (unpaired) electrons. The van der Waals surface area contributed by atoms with E-state index in [9.17, 15) is 4.79 Å². The van der Waals surface area contributed by atoms with Crippen LogP contribution in [0.25, 0.3) is 0 Å². The molecule has 1 aromatic heterocycles. The molecule has 0 aliphatic heterocycles. The zero-order valence-electron chi connectivity index (χ0n) is 8.31. The van der Waals surface area contributed by atoms with Crippen LogP contribution in [0, 0.1) is 0 Å². The van der Waals surface area contributed by atoms with Gasteiger partial charge in [-0.25, -0.2) is 4.98 Å². The highest BCUT2D eigenvalue weighted by Gasteiger charge is 2.00. The second-order valence-corrected chi connectivity index (χ2v) is 4.96. The molecule has 0 saturated heterocycles. The first kappa shape index (κ1) is 11.4. The lowest BCUT2D eigenvalue weighted by molar-refractivity contribution is 0.926. The lowest BCUT2D eigenvalue weighted by atomic mass is 10.2. The van der Waals surface area contributed by atoms with Crippen molar-refractivity contribution in [2.75, 3.05) is 0 Å². The van der Waals surface area contributed by atoms with E-state index >= 15 is 0 Å². The van der Waals surface area contributed by atoms with Gasteiger partial charge in [-0.05, 0) is 21.5 Å². The molecule has 0 aliphatic rings. The van der Waals surface area contributed by atoms with Gasteiger partial charge < -0.3 is 4.98 Å². The van der Waals surface area contributed by atoms with E-state index in [4.69, 9.17) is 0 Å². The molecule has 16 heavy (non-hydrogen) atoms. The Hall–Kier alpha value is -1.07. The van der Waals surface area contributed by atoms with Crippen LogP contribution in [0.2, 0.25) is 0 Å². The highest BCUT2D eigenvalue weighted by molar-refractivity contribution is 9.10. The summed E-state index contributed by atoms with van der Waals surface area (Å²) in [5, 5.41) is 0.636. The van der Waals surface area contributed by atoms with Crippen LogP contribution in [0.4, 0.5) is 0 Å². The molecule has 0 bridgehead atoms. The summed E-state index contributed by atoms with van der Waals surface area (Å²) in [5.41, 5.74) is 1.06. The number of H-pyrrole nitrogens is 1. The molecule has 1 N–H and O–H groups in total. The molecule has 1 aromatic carbocycles. The van der Waals surface area contributed by atoms with Gasteiger partial charge in [0, 0.05) is 11.9 Å². The van der Waals surface area contributed by atoms with E-state index in [2.05, 4.69) is 25.9 Å². The minimum atomic E-state index is -0.148. The normalized spacial score (nSPS) is 10.3. The number of thioether (sulfide) groups is 1. The summed E-state index contributed by atoms with van der Waals surface area (Å²) in [7, 11) is 0. The van der Waals surface area contributed by atoms with E-state index in [1.54, 1.807) is 0 Å². The molecule has 0 unspecified atom stereocenters. The van der Waals surface area contributed by atoms with E-state index in [0.717, 1.165) is 5.75 Å². The van der Waals surface area contributed by atoms with Crippen molar-refractivity contribution in [2.45, 2.75) is 10.9 Å². The van der Waals surface area contributed by atoms with Gasteiger partial charge in [-0.15, -0.1) is 0 Å². The van der Waals surface area contributed by atoms with Crippen LogP contribution in [-0.2, 0) is 5.75 Å². The van der Waals surface area contributed by atoms with Crippen molar-refractivity contribution in [3.63, 3.8) is 0 Å². The Balaban J connectivity index is 2.05. The number of hydrogen-bond acceptors (Lipinski definition) is 3. The Bertz CT molecular complexity index is 527. The minimum absolute atomic E-state index is 0.148. The van der Waals surface area contributed by atoms with Gasteiger partial charge in [0.15, 0.2) is 5.16 Å². The molecule has 3 nitrogen and oxygen atoms in total.